The smallest absolute Gasteiger partial charge is 0.321 e. The standard InChI is InChI=1S/C11H12FNO3/c1-16-10-3-2-8(12)6-4-9(11(14)15)13-5-7(6)10/h2-3,9,13H,4-5H2,1H3,(H,14,15). The van der Waals surface area contributed by atoms with Crippen LogP contribution in [0.2, 0.25) is 0 Å². The summed E-state index contributed by atoms with van der Waals surface area (Å²) in [5, 5.41) is 11.7. The van der Waals surface area contributed by atoms with E-state index in [4.69, 9.17) is 9.84 Å². The minimum absolute atomic E-state index is 0.147. The van der Waals surface area contributed by atoms with Gasteiger partial charge in [-0.15, -0.1) is 0 Å². The summed E-state index contributed by atoms with van der Waals surface area (Å²) in [5.74, 6) is -0.746. The van der Waals surface area contributed by atoms with Gasteiger partial charge in [0, 0.05) is 18.5 Å². The number of carboxylic acid groups (broad SMARTS) is 1. The van der Waals surface area contributed by atoms with Crippen molar-refractivity contribution in [3.05, 3.63) is 29.1 Å². The van der Waals surface area contributed by atoms with E-state index in [1.54, 1.807) is 6.07 Å². The van der Waals surface area contributed by atoms with Crippen LogP contribution in [0.1, 0.15) is 11.1 Å². The van der Waals surface area contributed by atoms with Crippen LogP contribution in [0.5, 0.6) is 5.75 Å². The molecule has 0 saturated carbocycles. The fourth-order valence-corrected chi connectivity index (χ4v) is 1.92. The van der Waals surface area contributed by atoms with Crippen LogP contribution in [0.4, 0.5) is 4.39 Å². The first-order valence-corrected chi connectivity index (χ1v) is 4.94. The third kappa shape index (κ3) is 1.74. The van der Waals surface area contributed by atoms with E-state index in [0.29, 0.717) is 23.4 Å². The third-order valence-electron chi connectivity index (χ3n) is 2.78. The van der Waals surface area contributed by atoms with Crippen molar-refractivity contribution in [3.8, 4) is 5.75 Å². The second kappa shape index (κ2) is 4.09. The summed E-state index contributed by atoms with van der Waals surface area (Å²) >= 11 is 0. The molecule has 0 fully saturated rings. The van der Waals surface area contributed by atoms with Crippen molar-refractivity contribution in [1.82, 2.24) is 5.32 Å². The first-order chi connectivity index (χ1) is 7.63. The van der Waals surface area contributed by atoms with Crippen molar-refractivity contribution in [3.63, 3.8) is 0 Å². The number of aliphatic carboxylic acids is 1. The van der Waals surface area contributed by atoms with Gasteiger partial charge in [-0.05, 0) is 17.7 Å². The van der Waals surface area contributed by atoms with E-state index in [1.165, 1.54) is 13.2 Å². The fourth-order valence-electron chi connectivity index (χ4n) is 1.92. The highest BCUT2D eigenvalue weighted by Gasteiger charge is 2.27. The van der Waals surface area contributed by atoms with Crippen molar-refractivity contribution in [2.75, 3.05) is 7.11 Å². The topological polar surface area (TPSA) is 58.6 Å². The van der Waals surface area contributed by atoms with Gasteiger partial charge in [0.2, 0.25) is 0 Å². The normalized spacial score (nSPS) is 19.0. The Bertz CT molecular complexity index is 433. The van der Waals surface area contributed by atoms with E-state index in [0.717, 1.165) is 0 Å². The monoisotopic (exact) mass is 225 g/mol. The van der Waals surface area contributed by atoms with Crippen LogP contribution in [-0.2, 0) is 17.8 Å². The number of fused-ring (bicyclic) bond motifs is 1. The van der Waals surface area contributed by atoms with Crippen LogP contribution < -0.4 is 10.1 Å². The van der Waals surface area contributed by atoms with E-state index < -0.39 is 12.0 Å². The zero-order chi connectivity index (χ0) is 11.7. The summed E-state index contributed by atoms with van der Waals surface area (Å²) in [4.78, 5) is 10.8. The zero-order valence-electron chi connectivity index (χ0n) is 8.79. The number of rotatable bonds is 2. The van der Waals surface area contributed by atoms with Gasteiger partial charge < -0.3 is 9.84 Å². The molecule has 1 aliphatic heterocycles. The molecule has 2 N–H and O–H groups in total. The van der Waals surface area contributed by atoms with Crippen LogP contribution in [0, 0.1) is 5.82 Å². The molecule has 0 spiro atoms. The summed E-state index contributed by atoms with van der Waals surface area (Å²) in [7, 11) is 1.51. The maximum Gasteiger partial charge on any atom is 0.321 e. The maximum atomic E-state index is 13.5. The molecule has 0 radical (unpaired) electrons. The molecule has 5 heteroatoms. The molecule has 0 bridgehead atoms. The average molecular weight is 225 g/mol. The molecule has 0 saturated heterocycles. The van der Waals surface area contributed by atoms with Crippen molar-refractivity contribution in [2.45, 2.75) is 19.0 Å². The Morgan fingerprint density at radius 1 is 1.56 bits per heavy atom. The summed E-state index contributed by atoms with van der Waals surface area (Å²) in [5.41, 5.74) is 1.14. The molecule has 86 valence electrons. The van der Waals surface area contributed by atoms with Gasteiger partial charge in [0.25, 0.3) is 0 Å². The molecule has 4 nitrogen and oxygen atoms in total. The molecule has 0 aromatic heterocycles. The first-order valence-electron chi connectivity index (χ1n) is 4.94. The molecule has 1 aliphatic rings. The summed E-state index contributed by atoms with van der Waals surface area (Å²) in [6.07, 6.45) is 0.147. The minimum atomic E-state index is -0.965. The van der Waals surface area contributed by atoms with Gasteiger partial charge in [-0.2, -0.15) is 0 Å². The molecule has 1 heterocycles. The second-order valence-electron chi connectivity index (χ2n) is 3.68. The Kier molecular flexibility index (Phi) is 2.78. The molecule has 1 unspecified atom stereocenters. The van der Waals surface area contributed by atoms with Crippen LogP contribution in [0.3, 0.4) is 0 Å². The SMILES string of the molecule is COc1ccc(F)c2c1CNC(C(=O)O)C2. The van der Waals surface area contributed by atoms with E-state index in [9.17, 15) is 9.18 Å². The Hall–Kier alpha value is -1.62. The number of hydrogen-bond acceptors (Lipinski definition) is 3. The number of methoxy groups -OCH3 is 1. The van der Waals surface area contributed by atoms with Gasteiger partial charge in [-0.1, -0.05) is 0 Å². The number of nitrogens with one attached hydrogen (secondary N) is 1. The van der Waals surface area contributed by atoms with Crippen molar-refractivity contribution >= 4 is 5.97 Å². The Labute approximate surface area is 92.0 Å². The molecule has 2 rings (SSSR count). The Morgan fingerprint density at radius 2 is 2.31 bits per heavy atom. The second-order valence-corrected chi connectivity index (χ2v) is 3.68. The summed E-state index contributed by atoms with van der Waals surface area (Å²) < 4.78 is 18.7. The highest BCUT2D eigenvalue weighted by atomic mass is 19.1. The number of hydrogen-bond donors (Lipinski definition) is 2. The predicted molar refractivity (Wildman–Crippen MR) is 54.9 cm³/mol. The van der Waals surface area contributed by atoms with Crippen molar-refractivity contribution < 1.29 is 19.0 Å². The highest BCUT2D eigenvalue weighted by Crippen LogP contribution is 2.28. The number of halogens is 1. The van der Waals surface area contributed by atoms with Crippen LogP contribution >= 0.6 is 0 Å². The molecule has 16 heavy (non-hydrogen) atoms. The lowest BCUT2D eigenvalue weighted by Crippen LogP contribution is -2.42. The van der Waals surface area contributed by atoms with Gasteiger partial charge in [-0.25, -0.2) is 4.39 Å². The first kappa shape index (κ1) is 10.9. The molecular formula is C11H12FNO3. The van der Waals surface area contributed by atoms with Gasteiger partial charge in [0.15, 0.2) is 0 Å². The lowest BCUT2D eigenvalue weighted by molar-refractivity contribution is -0.139. The summed E-state index contributed by atoms with van der Waals surface area (Å²) in [6, 6.07) is 2.13. The lowest BCUT2D eigenvalue weighted by atomic mass is 9.94. The van der Waals surface area contributed by atoms with Crippen LogP contribution in [0.25, 0.3) is 0 Å². The molecule has 1 atom stereocenters. The van der Waals surface area contributed by atoms with E-state index in [2.05, 4.69) is 5.32 Å². The zero-order valence-corrected chi connectivity index (χ0v) is 8.79. The average Bonchev–Trinajstić information content (AvgIpc) is 2.29. The number of carbonyl (C=O) groups is 1. The number of ether oxygens (including phenoxy) is 1. The molecular weight excluding hydrogens is 213 g/mol. The van der Waals surface area contributed by atoms with Crippen LogP contribution in [-0.4, -0.2) is 24.2 Å². The van der Waals surface area contributed by atoms with Gasteiger partial charge in [0.05, 0.1) is 7.11 Å². The number of carboxylic acids is 1. The fraction of sp³-hybridized carbons (Fsp3) is 0.364. The Balaban J connectivity index is 2.41. The molecule has 0 aliphatic carbocycles. The van der Waals surface area contributed by atoms with Gasteiger partial charge in [0.1, 0.15) is 17.6 Å². The number of benzene rings is 1. The Morgan fingerprint density at radius 3 is 2.94 bits per heavy atom. The molecule has 1 aromatic rings. The van der Waals surface area contributed by atoms with E-state index in [1.807, 2.05) is 0 Å². The van der Waals surface area contributed by atoms with E-state index >= 15 is 0 Å². The highest BCUT2D eigenvalue weighted by molar-refractivity contribution is 5.74. The minimum Gasteiger partial charge on any atom is -0.496 e. The molecule has 0 amide bonds. The quantitative estimate of drug-likeness (QED) is 0.786. The van der Waals surface area contributed by atoms with Crippen LogP contribution in [0.15, 0.2) is 12.1 Å². The molecule has 1 aromatic carbocycles. The third-order valence-corrected chi connectivity index (χ3v) is 2.78. The maximum absolute atomic E-state index is 13.5. The van der Waals surface area contributed by atoms with Crippen molar-refractivity contribution in [1.29, 1.82) is 0 Å². The van der Waals surface area contributed by atoms with E-state index in [-0.39, 0.29) is 12.2 Å². The van der Waals surface area contributed by atoms with Gasteiger partial charge in [-0.3, -0.25) is 10.1 Å². The van der Waals surface area contributed by atoms with Gasteiger partial charge >= 0.3 is 5.97 Å². The van der Waals surface area contributed by atoms with Crippen molar-refractivity contribution in [2.24, 2.45) is 0 Å². The largest absolute Gasteiger partial charge is 0.496 e. The summed E-state index contributed by atoms with van der Waals surface area (Å²) in [6.45, 7) is 0.313. The predicted octanol–water partition coefficient (Wildman–Crippen LogP) is 0.933. The lowest BCUT2D eigenvalue weighted by Gasteiger charge is -2.25.